The maximum absolute atomic E-state index is 12.0. The fourth-order valence-corrected chi connectivity index (χ4v) is 4.94. The Labute approximate surface area is 177 Å². The molecule has 2 aliphatic rings. The van der Waals surface area contributed by atoms with Crippen molar-refractivity contribution >= 4 is 34.8 Å². The zero-order valence-corrected chi connectivity index (χ0v) is 17.7. The first-order chi connectivity index (χ1) is 13.5. The van der Waals surface area contributed by atoms with E-state index in [0.29, 0.717) is 21.9 Å². The van der Waals surface area contributed by atoms with Crippen LogP contribution in [-0.4, -0.2) is 37.0 Å². The highest BCUT2D eigenvalue weighted by Crippen LogP contribution is 2.38. The minimum atomic E-state index is 0.136. The predicted molar refractivity (Wildman–Crippen MR) is 117 cm³/mol. The van der Waals surface area contributed by atoms with Crippen molar-refractivity contribution in [2.75, 3.05) is 31.1 Å². The van der Waals surface area contributed by atoms with Crippen molar-refractivity contribution in [3.05, 3.63) is 63.6 Å². The fraction of sp³-hybridized carbons (Fsp3) is 0.435. The van der Waals surface area contributed by atoms with Gasteiger partial charge in [-0.05, 0) is 74.1 Å². The van der Waals surface area contributed by atoms with Gasteiger partial charge >= 0.3 is 0 Å². The molecule has 1 unspecified atom stereocenters. The number of piperidine rings is 1. The van der Waals surface area contributed by atoms with Crippen molar-refractivity contribution in [1.29, 1.82) is 0 Å². The number of halogens is 2. The molecule has 3 nitrogen and oxygen atoms in total. The summed E-state index contributed by atoms with van der Waals surface area (Å²) in [5, 5.41) is 1.27. The Balaban J connectivity index is 1.32. The number of anilines is 1. The van der Waals surface area contributed by atoms with E-state index in [2.05, 4.69) is 29.2 Å². The third-order valence-corrected chi connectivity index (χ3v) is 6.99. The van der Waals surface area contributed by atoms with Crippen molar-refractivity contribution < 1.29 is 4.79 Å². The van der Waals surface area contributed by atoms with Crippen LogP contribution in [-0.2, 0) is 4.79 Å². The average molecular weight is 417 g/mol. The Hall–Kier alpha value is -1.55. The van der Waals surface area contributed by atoms with Crippen molar-refractivity contribution in [2.24, 2.45) is 0 Å². The van der Waals surface area contributed by atoms with Crippen molar-refractivity contribution in [3.63, 3.8) is 0 Å². The van der Waals surface area contributed by atoms with Crippen LogP contribution in [0.3, 0.4) is 0 Å². The zero-order valence-electron chi connectivity index (χ0n) is 16.2. The van der Waals surface area contributed by atoms with Crippen molar-refractivity contribution in [3.8, 4) is 0 Å². The van der Waals surface area contributed by atoms with E-state index in [-0.39, 0.29) is 5.91 Å². The van der Waals surface area contributed by atoms with Crippen LogP contribution >= 0.6 is 23.2 Å². The minimum absolute atomic E-state index is 0.136. The molecule has 0 saturated carbocycles. The molecule has 2 heterocycles. The fourth-order valence-electron chi connectivity index (χ4n) is 4.64. The highest BCUT2D eigenvalue weighted by atomic mass is 35.5. The molecule has 1 fully saturated rings. The number of carbonyl (C=O) groups excluding carboxylic acids is 1. The Morgan fingerprint density at radius 2 is 1.82 bits per heavy atom. The lowest BCUT2D eigenvalue weighted by atomic mass is 9.89. The van der Waals surface area contributed by atoms with E-state index in [4.69, 9.17) is 23.2 Å². The summed E-state index contributed by atoms with van der Waals surface area (Å²) in [6.45, 7) is 5.77. The number of nitrogens with zero attached hydrogens (tertiary/aromatic N) is 2. The van der Waals surface area contributed by atoms with Gasteiger partial charge < -0.3 is 9.80 Å². The largest absolute Gasteiger partial charge is 0.312 e. The van der Waals surface area contributed by atoms with E-state index < -0.39 is 0 Å². The summed E-state index contributed by atoms with van der Waals surface area (Å²) in [4.78, 5) is 16.5. The average Bonchev–Trinajstić information content (AvgIpc) is 3.08. The Morgan fingerprint density at radius 3 is 2.54 bits per heavy atom. The highest BCUT2D eigenvalue weighted by Gasteiger charge is 2.31. The van der Waals surface area contributed by atoms with Crippen LogP contribution in [0.25, 0.3) is 0 Å². The molecule has 5 heteroatoms. The Bertz CT molecular complexity index is 861. The lowest BCUT2D eigenvalue weighted by molar-refractivity contribution is -0.116. The number of para-hydroxylation sites is 1. The van der Waals surface area contributed by atoms with Gasteiger partial charge in [-0.3, -0.25) is 4.79 Å². The number of benzene rings is 2. The van der Waals surface area contributed by atoms with Crippen LogP contribution in [0.2, 0.25) is 10.0 Å². The predicted octanol–water partition coefficient (Wildman–Crippen LogP) is 5.71. The maximum atomic E-state index is 12.0. The molecular weight excluding hydrogens is 391 g/mol. The monoisotopic (exact) mass is 416 g/mol. The second kappa shape index (κ2) is 8.44. The molecule has 1 atom stereocenters. The molecule has 148 valence electrons. The number of carbonyl (C=O) groups is 1. The molecular formula is C23H26Cl2N2O. The molecule has 28 heavy (non-hydrogen) atoms. The lowest BCUT2D eigenvalue weighted by Crippen LogP contribution is -2.35. The number of likely N-dealkylation sites (tertiary alicyclic amines) is 1. The molecule has 0 bridgehead atoms. The van der Waals surface area contributed by atoms with Gasteiger partial charge in [-0.2, -0.15) is 0 Å². The van der Waals surface area contributed by atoms with Gasteiger partial charge in [0.25, 0.3) is 0 Å². The number of hydrogen-bond acceptors (Lipinski definition) is 2. The van der Waals surface area contributed by atoms with Crippen LogP contribution < -0.4 is 4.90 Å². The highest BCUT2D eigenvalue weighted by molar-refractivity contribution is 6.42. The Morgan fingerprint density at radius 1 is 1.07 bits per heavy atom. The molecule has 0 aliphatic carbocycles. The molecule has 0 radical (unpaired) electrons. The molecule has 0 aromatic heterocycles. The van der Waals surface area contributed by atoms with Gasteiger partial charge in [0.1, 0.15) is 0 Å². The van der Waals surface area contributed by atoms with Crippen LogP contribution in [0.15, 0.2) is 42.5 Å². The van der Waals surface area contributed by atoms with Crippen molar-refractivity contribution in [1.82, 2.24) is 4.90 Å². The number of rotatable bonds is 4. The van der Waals surface area contributed by atoms with E-state index >= 15 is 0 Å². The maximum Gasteiger partial charge on any atom is 0.223 e. The lowest BCUT2D eigenvalue weighted by Gasteiger charge is -2.33. The van der Waals surface area contributed by atoms with Crippen molar-refractivity contribution in [2.45, 2.75) is 38.0 Å². The van der Waals surface area contributed by atoms with Gasteiger partial charge in [-0.25, -0.2) is 0 Å². The number of amides is 1. The first-order valence-electron chi connectivity index (χ1n) is 10.1. The third-order valence-electron chi connectivity index (χ3n) is 6.25. The summed E-state index contributed by atoms with van der Waals surface area (Å²) in [6, 6.07) is 14.4. The topological polar surface area (TPSA) is 23.6 Å². The first-order valence-corrected chi connectivity index (χ1v) is 10.8. The molecule has 2 aromatic rings. The molecule has 1 amide bonds. The second-order valence-electron chi connectivity index (χ2n) is 7.96. The summed E-state index contributed by atoms with van der Waals surface area (Å²) < 4.78 is 0. The molecule has 2 aromatic carbocycles. The van der Waals surface area contributed by atoms with Crippen LogP contribution in [0.1, 0.15) is 49.1 Å². The normalized spacial score (nSPS) is 20.4. The third kappa shape index (κ3) is 4.07. The smallest absolute Gasteiger partial charge is 0.223 e. The summed E-state index contributed by atoms with van der Waals surface area (Å²) in [5.74, 6) is 1.14. The molecule has 0 N–H and O–H groups in total. The number of fused-ring (bicyclic) bond motifs is 1. The van der Waals surface area contributed by atoms with Gasteiger partial charge in [-0.15, -0.1) is 0 Å². The van der Waals surface area contributed by atoms with Gasteiger partial charge in [-0.1, -0.05) is 47.5 Å². The summed E-state index contributed by atoms with van der Waals surface area (Å²) in [6.07, 6.45) is 3.40. The van der Waals surface area contributed by atoms with E-state index in [0.717, 1.165) is 51.1 Å². The molecule has 2 aliphatic heterocycles. The summed E-state index contributed by atoms with van der Waals surface area (Å²) in [5.41, 5.74) is 3.72. The number of hydrogen-bond donors (Lipinski definition) is 0. The Kier molecular flexibility index (Phi) is 5.96. The van der Waals surface area contributed by atoms with Gasteiger partial charge in [0.05, 0.1) is 10.0 Å². The quantitative estimate of drug-likeness (QED) is 0.636. The van der Waals surface area contributed by atoms with Crippen LogP contribution in [0, 0.1) is 0 Å². The van der Waals surface area contributed by atoms with Crippen LogP contribution in [0.4, 0.5) is 5.69 Å². The van der Waals surface area contributed by atoms with Crippen LogP contribution in [0.5, 0.6) is 0 Å². The summed E-state index contributed by atoms with van der Waals surface area (Å²) in [7, 11) is 0. The van der Waals surface area contributed by atoms with Gasteiger partial charge in [0, 0.05) is 25.1 Å². The van der Waals surface area contributed by atoms with E-state index in [9.17, 15) is 4.79 Å². The summed E-state index contributed by atoms with van der Waals surface area (Å²) >= 11 is 12.2. The minimum Gasteiger partial charge on any atom is -0.312 e. The second-order valence-corrected chi connectivity index (χ2v) is 8.78. The molecule has 1 saturated heterocycles. The van der Waals surface area contributed by atoms with E-state index in [1.54, 1.807) is 6.92 Å². The van der Waals surface area contributed by atoms with Gasteiger partial charge in [0.2, 0.25) is 5.91 Å². The van der Waals surface area contributed by atoms with E-state index in [1.165, 1.54) is 11.1 Å². The zero-order chi connectivity index (χ0) is 19.7. The molecule has 4 rings (SSSR count). The molecule has 0 spiro atoms. The van der Waals surface area contributed by atoms with Gasteiger partial charge in [0.15, 0.2) is 0 Å². The first kappa shape index (κ1) is 19.8. The van der Waals surface area contributed by atoms with E-state index in [1.807, 2.05) is 23.1 Å². The standard InChI is InChI=1S/C23H26Cl2N2O/c1-16(28)27-15-19(20-4-2-3-5-23(20)27)10-13-26-11-8-17(9-12-26)18-6-7-21(24)22(25)14-18/h2-7,14,17,19H,8-13,15H2,1H3. The SMILES string of the molecule is CC(=O)N1CC(CCN2CCC(c3ccc(Cl)c(Cl)c3)CC2)c2ccccc21.